The highest BCUT2D eigenvalue weighted by atomic mass is 16.5. The van der Waals surface area contributed by atoms with Crippen molar-refractivity contribution < 1.29 is 28.5 Å². The lowest BCUT2D eigenvalue weighted by Crippen LogP contribution is -2.56. The highest BCUT2D eigenvalue weighted by molar-refractivity contribution is 5.85. The van der Waals surface area contributed by atoms with Crippen LogP contribution in [0.1, 0.15) is 223 Å². The molecule has 0 N–H and O–H groups in total. The molecule has 558 valence electrons. The number of hydrogen-bond acceptors (Lipinski definition) is 11. The van der Waals surface area contributed by atoms with Gasteiger partial charge in [-0.2, -0.15) is 0 Å². The van der Waals surface area contributed by atoms with Gasteiger partial charge in [0.2, 0.25) is 0 Å². The summed E-state index contributed by atoms with van der Waals surface area (Å²) in [6.45, 7) is 18.3. The maximum atomic E-state index is 12.4. The van der Waals surface area contributed by atoms with E-state index in [1.165, 1.54) is 161 Å². The van der Waals surface area contributed by atoms with E-state index in [4.69, 9.17) is 23.7 Å². The summed E-state index contributed by atoms with van der Waals surface area (Å²) in [4.78, 5) is 30.8. The minimum absolute atomic E-state index is 0.0451. The van der Waals surface area contributed by atoms with Crippen molar-refractivity contribution in [1.82, 2.24) is 24.8 Å². The molecule has 6 spiro atoms. The van der Waals surface area contributed by atoms with Gasteiger partial charge < -0.3 is 33.5 Å². The number of carbonyl (C=O) groups is 1. The Bertz CT molecular complexity index is 4660. The van der Waals surface area contributed by atoms with Gasteiger partial charge in [-0.15, -0.1) is 0 Å². The van der Waals surface area contributed by atoms with Gasteiger partial charge in [-0.3, -0.25) is 19.7 Å². The molecule has 9 aliphatic carbocycles. The zero-order chi connectivity index (χ0) is 72.4. The molecule has 23 rings (SSSR count). The highest BCUT2D eigenvalue weighted by Gasteiger charge is 2.70. The predicted molar refractivity (Wildman–Crippen MR) is 423 cm³/mol. The van der Waals surface area contributed by atoms with Crippen molar-refractivity contribution in [2.75, 3.05) is 53.6 Å². The van der Waals surface area contributed by atoms with Crippen molar-refractivity contribution in [1.29, 1.82) is 0 Å². The lowest BCUT2D eigenvalue weighted by Gasteiger charge is -2.55. The van der Waals surface area contributed by atoms with E-state index in [1.807, 2.05) is 37.2 Å². The topological polar surface area (TPSA) is 108 Å². The standard InChI is InChI=1S/2C34H42N2O2.C28H29NO2/c2*1-31(21-37-22-31)20-36(3)28-7-6-26-17-27-10-12-32(2)29(24-5-4-23-11-15-35-19-25(23)16-24)8-9-30(32)34(27)14-13-33(26,18-28)38-34;1-26-10-8-22-15-21-4-5-23(30)16-27(21)11-12-28(22,31-27)25(26)7-6-24(26)19-3-2-18-9-13-29-17-20(18)14-19/h2*4-5,10-11,15-17,19,28-30H,6-9,12-14,18,20-22H2,1-3H3;2-3,8-9,13-15,17,24-25H,4-7,10-12,16H2,1H3/t28-,29+,30+,32+,33+,34+;28-,29-,30-,32-,33-,34-;24-,25-,26-,27-,28-/m011/s1. The van der Waals surface area contributed by atoms with E-state index in [9.17, 15) is 4.79 Å². The molecule has 11 nitrogen and oxygen atoms in total. The Morgan fingerprint density at radius 2 is 0.776 bits per heavy atom. The summed E-state index contributed by atoms with van der Waals surface area (Å²) in [6.07, 6.45) is 54.2. The van der Waals surface area contributed by atoms with Crippen LogP contribution in [0.15, 0.2) is 180 Å². The number of carbonyl (C=O) groups excluding carboxylic acids is 1. The van der Waals surface area contributed by atoms with E-state index in [2.05, 4.69) is 183 Å². The summed E-state index contributed by atoms with van der Waals surface area (Å²) in [5, 5.41) is 7.60. The second kappa shape index (κ2) is 24.4. The van der Waals surface area contributed by atoms with Gasteiger partial charge in [0.1, 0.15) is 5.78 Å². The molecule has 3 aromatic carbocycles. The summed E-state index contributed by atoms with van der Waals surface area (Å²) >= 11 is 0. The van der Waals surface area contributed by atoms with Crippen LogP contribution in [0, 0.1) is 44.8 Å². The van der Waals surface area contributed by atoms with Gasteiger partial charge in [-0.25, -0.2) is 0 Å². The lowest BCUT2D eigenvalue weighted by molar-refractivity contribution is -0.147. The van der Waals surface area contributed by atoms with E-state index in [-0.39, 0.29) is 49.9 Å². The largest absolute Gasteiger partial charge is 0.380 e. The zero-order valence-electron chi connectivity index (χ0n) is 64.9. The third-order valence-electron chi connectivity index (χ3n) is 33.3. The molecule has 17 atom stereocenters. The van der Waals surface area contributed by atoms with Gasteiger partial charge in [0.15, 0.2) is 0 Å². The van der Waals surface area contributed by atoms with Crippen LogP contribution in [-0.4, -0.2) is 130 Å². The smallest absolute Gasteiger partial charge is 0.136 e. The molecule has 11 heterocycles. The molecule has 5 saturated heterocycles. The minimum Gasteiger partial charge on any atom is -0.380 e. The van der Waals surface area contributed by atoms with Gasteiger partial charge in [0.25, 0.3) is 0 Å². The fourth-order valence-corrected chi connectivity index (χ4v) is 27.9. The van der Waals surface area contributed by atoms with Gasteiger partial charge >= 0.3 is 0 Å². The number of benzene rings is 3. The fourth-order valence-electron chi connectivity index (χ4n) is 27.9. The first kappa shape index (κ1) is 68.7. The first-order valence-corrected chi connectivity index (χ1v) is 42.1. The van der Waals surface area contributed by atoms with E-state index < -0.39 is 0 Å². The minimum atomic E-state index is -0.294. The Hall–Kier alpha value is -6.28. The first-order chi connectivity index (χ1) is 51.7. The maximum absolute atomic E-state index is 12.4. The fraction of sp³-hybridized carbons (Fsp3) is 0.583. The average molecular weight is 1430 g/mol. The van der Waals surface area contributed by atoms with Crippen LogP contribution in [-0.2, 0) is 28.5 Å². The summed E-state index contributed by atoms with van der Waals surface area (Å²) in [7, 11) is 4.69. The molecule has 11 heteroatoms. The van der Waals surface area contributed by atoms with Crippen LogP contribution in [0.4, 0.5) is 0 Å². The quantitative estimate of drug-likeness (QED) is 0.138. The number of pyridine rings is 3. The van der Waals surface area contributed by atoms with Crippen molar-refractivity contribution >= 4 is 38.1 Å². The maximum Gasteiger partial charge on any atom is 0.136 e. The number of rotatable bonds is 9. The third-order valence-corrected chi connectivity index (χ3v) is 33.3. The number of ether oxygens (including phenoxy) is 5. The number of fused-ring (bicyclic) bond motifs is 6. The van der Waals surface area contributed by atoms with Crippen molar-refractivity contribution in [2.24, 2.45) is 44.8 Å². The van der Waals surface area contributed by atoms with E-state index in [1.54, 1.807) is 11.1 Å². The van der Waals surface area contributed by atoms with Crippen molar-refractivity contribution in [3.8, 4) is 0 Å². The molecule has 0 unspecified atom stereocenters. The van der Waals surface area contributed by atoms with Crippen LogP contribution in [0.2, 0.25) is 0 Å². The predicted octanol–water partition coefficient (Wildman–Crippen LogP) is 19.7. The second-order valence-electron chi connectivity index (χ2n) is 39.5. The second-order valence-corrected chi connectivity index (χ2v) is 39.5. The molecule has 0 amide bonds. The van der Waals surface area contributed by atoms with Crippen LogP contribution >= 0.6 is 0 Å². The Kier molecular flexibility index (Phi) is 15.6. The number of allylic oxidation sites excluding steroid dienone is 3. The first-order valence-electron chi connectivity index (χ1n) is 42.1. The third kappa shape index (κ3) is 10.3. The summed E-state index contributed by atoms with van der Waals surface area (Å²) in [5.41, 5.74) is 14.1. The molecule has 6 aromatic rings. The number of ketones is 1. The highest BCUT2D eigenvalue weighted by Crippen LogP contribution is 2.73. The zero-order valence-corrected chi connectivity index (χ0v) is 64.9. The van der Waals surface area contributed by atoms with E-state index >= 15 is 0 Å². The van der Waals surface area contributed by atoms with Crippen LogP contribution in [0.3, 0.4) is 0 Å². The van der Waals surface area contributed by atoms with E-state index in [0.29, 0.717) is 77.0 Å². The van der Waals surface area contributed by atoms with Crippen LogP contribution < -0.4 is 0 Å². The van der Waals surface area contributed by atoms with Crippen molar-refractivity contribution in [2.45, 2.75) is 252 Å². The van der Waals surface area contributed by atoms with E-state index in [0.717, 1.165) is 90.9 Å². The number of nitrogens with zero attached hydrogens (tertiary/aromatic N) is 5. The lowest BCUT2D eigenvalue weighted by atomic mass is 9.58. The molecular weight excluding hydrogens is 1320 g/mol. The Balaban J connectivity index is 0.000000103. The number of aromatic nitrogens is 3. The van der Waals surface area contributed by atoms with Gasteiger partial charge in [0.05, 0.1) is 60.0 Å². The number of hydrogen-bond donors (Lipinski definition) is 0. The van der Waals surface area contributed by atoms with Gasteiger partial charge in [-0.1, -0.05) is 107 Å². The van der Waals surface area contributed by atoms with Crippen LogP contribution in [0.25, 0.3) is 32.3 Å². The molecule has 8 aliphatic heterocycles. The molecule has 6 bridgehead atoms. The molecule has 3 aromatic heterocycles. The Morgan fingerprint density at radius 1 is 0.411 bits per heavy atom. The molecule has 6 saturated carbocycles. The molecule has 107 heavy (non-hydrogen) atoms. The Morgan fingerprint density at radius 3 is 1.15 bits per heavy atom. The average Bonchev–Trinajstić information content (AvgIpc) is 1.56. The van der Waals surface area contributed by atoms with Crippen LogP contribution in [0.5, 0.6) is 0 Å². The summed E-state index contributed by atoms with van der Waals surface area (Å²) in [5.74, 6) is 3.76. The molecular formula is C96H113N5O6. The van der Waals surface area contributed by atoms with Gasteiger partial charge in [0, 0.05) is 102 Å². The summed E-state index contributed by atoms with van der Waals surface area (Å²) < 4.78 is 33.4. The molecule has 17 aliphatic rings. The normalized spacial score (nSPS) is 40.7. The molecule has 0 radical (unpaired) electrons. The molecule has 11 fully saturated rings. The van der Waals surface area contributed by atoms with Crippen molar-refractivity contribution in [3.63, 3.8) is 0 Å². The van der Waals surface area contributed by atoms with Crippen molar-refractivity contribution in [3.05, 3.63) is 197 Å². The number of Topliss-reactive ketones (excluding diaryl/α,β-unsaturated/α-hetero) is 1. The summed E-state index contributed by atoms with van der Waals surface area (Å²) in [6, 6.07) is 28.7. The van der Waals surface area contributed by atoms with Gasteiger partial charge in [-0.05, 0) is 310 Å². The monoisotopic (exact) mass is 1430 g/mol. The SMILES string of the molecule is CN(CC1(C)COC1)[C@@H]1CCC2=CC3=CC[C@]4(C)[C@@H](c5ccc6ccncc6c5)CC[C@H]4[C@@]34CC[C@]2(C1)O4.CN(CC1(C)COC1)[C@H]1CCC2=CC3=CC[C@]4(C)[C@@H](c5ccc6ccncc6c5)CC[C@H]4[C@@]34CC[C@]2(C1)O4.C[C@]12CC=C3C=C4CCC(=O)C[C@]45CC[C@]3(O5)[C@@H]1CC[C@@H]2c1ccc2ccncc2c1. The Labute approximate surface area is 634 Å².